The third kappa shape index (κ3) is 4.73. The van der Waals surface area contributed by atoms with Crippen LogP contribution in [-0.2, 0) is 4.74 Å². The molecule has 1 saturated heterocycles. The summed E-state index contributed by atoms with van der Waals surface area (Å²) in [5.74, 6) is 0.921. The topological polar surface area (TPSA) is 21.3 Å². The smallest absolute Gasteiger partial charge is 0.0685 e. The van der Waals surface area contributed by atoms with E-state index in [2.05, 4.69) is 19.2 Å². The monoisotopic (exact) mass is 281 g/mol. The lowest BCUT2D eigenvalue weighted by molar-refractivity contribution is -0.0941. The summed E-state index contributed by atoms with van der Waals surface area (Å²) in [5, 5.41) is 3.74. The summed E-state index contributed by atoms with van der Waals surface area (Å²) in [6, 6.07) is 0.752. The Kier molecular flexibility index (Phi) is 6.83. The van der Waals surface area contributed by atoms with Crippen molar-refractivity contribution in [1.82, 2.24) is 5.32 Å². The fourth-order valence-electron chi connectivity index (χ4n) is 4.23. The first kappa shape index (κ1) is 16.3. The minimum absolute atomic E-state index is 0.306. The summed E-state index contributed by atoms with van der Waals surface area (Å²) in [6.45, 7) is 6.77. The van der Waals surface area contributed by atoms with E-state index in [4.69, 9.17) is 4.74 Å². The van der Waals surface area contributed by atoms with Gasteiger partial charge in [-0.3, -0.25) is 0 Å². The molecule has 2 aliphatic rings. The fourth-order valence-corrected chi connectivity index (χ4v) is 4.23. The summed E-state index contributed by atoms with van der Waals surface area (Å²) in [4.78, 5) is 0. The first-order valence-corrected chi connectivity index (χ1v) is 9.15. The van der Waals surface area contributed by atoms with Gasteiger partial charge in [0, 0.05) is 12.6 Å². The molecule has 20 heavy (non-hydrogen) atoms. The average Bonchev–Trinajstić information content (AvgIpc) is 2.90. The van der Waals surface area contributed by atoms with E-state index in [0.29, 0.717) is 5.60 Å². The second-order valence-electron chi connectivity index (χ2n) is 7.11. The summed E-state index contributed by atoms with van der Waals surface area (Å²) in [5.41, 5.74) is 0.306. The second-order valence-corrected chi connectivity index (χ2v) is 7.11. The lowest BCUT2D eigenvalue weighted by Gasteiger charge is -2.38. The van der Waals surface area contributed by atoms with E-state index in [0.717, 1.165) is 18.6 Å². The van der Waals surface area contributed by atoms with Crippen LogP contribution in [0.5, 0.6) is 0 Å². The largest absolute Gasteiger partial charge is 0.375 e. The van der Waals surface area contributed by atoms with Crippen LogP contribution in [0.1, 0.15) is 84.5 Å². The van der Waals surface area contributed by atoms with Crippen LogP contribution in [0.4, 0.5) is 0 Å². The van der Waals surface area contributed by atoms with Gasteiger partial charge in [-0.05, 0) is 63.8 Å². The highest BCUT2D eigenvalue weighted by Gasteiger charge is 2.39. The van der Waals surface area contributed by atoms with Crippen molar-refractivity contribution >= 4 is 0 Å². The average molecular weight is 281 g/mol. The molecule has 2 nitrogen and oxygen atoms in total. The molecule has 2 fully saturated rings. The van der Waals surface area contributed by atoms with Gasteiger partial charge in [-0.2, -0.15) is 0 Å². The molecule has 0 amide bonds. The van der Waals surface area contributed by atoms with Gasteiger partial charge in [0.2, 0.25) is 0 Å². The molecule has 0 aromatic rings. The third-order valence-corrected chi connectivity index (χ3v) is 5.35. The number of rotatable bonds is 8. The van der Waals surface area contributed by atoms with Crippen molar-refractivity contribution in [3.05, 3.63) is 0 Å². The first-order valence-electron chi connectivity index (χ1n) is 9.15. The van der Waals surface area contributed by atoms with Crippen molar-refractivity contribution in [2.45, 2.75) is 96.1 Å². The SMILES string of the molecule is CCCNC(CCC)CCC1CCOC2(CCCC2)C1. The molecule has 2 unspecified atom stereocenters. The molecule has 1 N–H and O–H groups in total. The Morgan fingerprint density at radius 2 is 1.95 bits per heavy atom. The summed E-state index contributed by atoms with van der Waals surface area (Å²) in [6.07, 6.45) is 14.8. The summed E-state index contributed by atoms with van der Waals surface area (Å²) >= 11 is 0. The van der Waals surface area contributed by atoms with Crippen LogP contribution >= 0.6 is 0 Å². The predicted octanol–water partition coefficient (Wildman–Crippen LogP) is 4.67. The molecule has 2 heteroatoms. The standard InChI is InChI=1S/C18H35NO/c1-3-7-17(19-13-4-2)9-8-16-10-14-20-18(15-16)11-5-6-12-18/h16-17,19H,3-15H2,1-2H3. The van der Waals surface area contributed by atoms with Gasteiger partial charge in [0.05, 0.1) is 5.60 Å². The Balaban J connectivity index is 1.73. The highest BCUT2D eigenvalue weighted by molar-refractivity contribution is 4.91. The maximum atomic E-state index is 6.16. The van der Waals surface area contributed by atoms with Crippen LogP contribution in [0.15, 0.2) is 0 Å². The molecule has 0 radical (unpaired) electrons. The van der Waals surface area contributed by atoms with E-state index in [1.165, 1.54) is 77.2 Å². The minimum atomic E-state index is 0.306. The fraction of sp³-hybridized carbons (Fsp3) is 1.00. The molecule has 1 heterocycles. The van der Waals surface area contributed by atoms with Crippen molar-refractivity contribution < 1.29 is 4.74 Å². The van der Waals surface area contributed by atoms with Crippen molar-refractivity contribution in [3.63, 3.8) is 0 Å². The Morgan fingerprint density at radius 1 is 1.15 bits per heavy atom. The van der Waals surface area contributed by atoms with Gasteiger partial charge in [-0.1, -0.05) is 33.1 Å². The second kappa shape index (κ2) is 8.38. The predicted molar refractivity (Wildman–Crippen MR) is 86.1 cm³/mol. The highest BCUT2D eigenvalue weighted by Crippen LogP contribution is 2.43. The molecule has 2 atom stereocenters. The van der Waals surface area contributed by atoms with E-state index in [-0.39, 0.29) is 0 Å². The Bertz CT molecular complexity index is 260. The lowest BCUT2D eigenvalue weighted by atomic mass is 9.81. The van der Waals surface area contributed by atoms with Crippen molar-refractivity contribution in [2.24, 2.45) is 5.92 Å². The van der Waals surface area contributed by atoms with Crippen LogP contribution in [-0.4, -0.2) is 24.8 Å². The van der Waals surface area contributed by atoms with Gasteiger partial charge in [0.25, 0.3) is 0 Å². The summed E-state index contributed by atoms with van der Waals surface area (Å²) in [7, 11) is 0. The van der Waals surface area contributed by atoms with Gasteiger partial charge in [0.15, 0.2) is 0 Å². The Hall–Kier alpha value is -0.0800. The maximum absolute atomic E-state index is 6.16. The molecule has 1 aliphatic carbocycles. The molecular weight excluding hydrogens is 246 g/mol. The highest BCUT2D eigenvalue weighted by atomic mass is 16.5. The Morgan fingerprint density at radius 3 is 2.65 bits per heavy atom. The van der Waals surface area contributed by atoms with Crippen LogP contribution in [0.3, 0.4) is 0 Å². The molecular formula is C18H35NO. The maximum Gasteiger partial charge on any atom is 0.0685 e. The van der Waals surface area contributed by atoms with Crippen molar-refractivity contribution in [2.75, 3.05) is 13.2 Å². The van der Waals surface area contributed by atoms with E-state index in [1.807, 2.05) is 0 Å². The number of hydrogen-bond acceptors (Lipinski definition) is 2. The minimum Gasteiger partial charge on any atom is -0.375 e. The normalized spacial score (nSPS) is 27.0. The quantitative estimate of drug-likeness (QED) is 0.698. The number of hydrogen-bond donors (Lipinski definition) is 1. The van der Waals surface area contributed by atoms with Crippen LogP contribution in [0.2, 0.25) is 0 Å². The molecule has 0 aromatic carbocycles. The van der Waals surface area contributed by atoms with Gasteiger partial charge in [-0.15, -0.1) is 0 Å². The van der Waals surface area contributed by atoms with Crippen LogP contribution in [0.25, 0.3) is 0 Å². The lowest BCUT2D eigenvalue weighted by Crippen LogP contribution is -2.38. The summed E-state index contributed by atoms with van der Waals surface area (Å²) < 4.78 is 6.16. The van der Waals surface area contributed by atoms with Crippen LogP contribution < -0.4 is 5.32 Å². The Labute approximate surface area is 126 Å². The zero-order valence-electron chi connectivity index (χ0n) is 13.8. The zero-order chi connectivity index (χ0) is 14.3. The first-order chi connectivity index (χ1) is 9.78. The molecule has 2 rings (SSSR count). The number of nitrogens with one attached hydrogen (secondary N) is 1. The van der Waals surface area contributed by atoms with Gasteiger partial charge in [-0.25, -0.2) is 0 Å². The zero-order valence-corrected chi connectivity index (χ0v) is 13.8. The molecule has 1 spiro atoms. The van der Waals surface area contributed by atoms with E-state index < -0.39 is 0 Å². The van der Waals surface area contributed by atoms with E-state index in [9.17, 15) is 0 Å². The van der Waals surface area contributed by atoms with Crippen molar-refractivity contribution in [1.29, 1.82) is 0 Å². The van der Waals surface area contributed by atoms with Crippen molar-refractivity contribution in [3.8, 4) is 0 Å². The molecule has 1 aliphatic heterocycles. The van der Waals surface area contributed by atoms with Gasteiger partial charge in [0.1, 0.15) is 0 Å². The molecule has 118 valence electrons. The van der Waals surface area contributed by atoms with E-state index in [1.54, 1.807) is 0 Å². The third-order valence-electron chi connectivity index (χ3n) is 5.35. The van der Waals surface area contributed by atoms with Gasteiger partial charge >= 0.3 is 0 Å². The number of ether oxygens (including phenoxy) is 1. The molecule has 0 aromatic heterocycles. The van der Waals surface area contributed by atoms with Gasteiger partial charge < -0.3 is 10.1 Å². The molecule has 1 saturated carbocycles. The van der Waals surface area contributed by atoms with E-state index >= 15 is 0 Å². The van der Waals surface area contributed by atoms with Crippen LogP contribution in [0, 0.1) is 5.92 Å². The molecule has 0 bridgehead atoms.